The number of nitrogens with one attached hydrogen (secondary N) is 1. The van der Waals surface area contributed by atoms with E-state index in [1.165, 1.54) is 5.56 Å². The zero-order valence-electron chi connectivity index (χ0n) is 11.6. The standard InChI is InChI=1S/C14H23NO3/c1-11(14(17-3)18-4)15-13-8-6-5-7-12(13)9-10-16-2/h5-8,11,14-15H,9-10H2,1-4H3. The molecule has 0 radical (unpaired) electrons. The predicted octanol–water partition coefficient (Wildman–Crippen LogP) is 2.29. The van der Waals surface area contributed by atoms with Crippen molar-refractivity contribution in [1.29, 1.82) is 0 Å². The Morgan fingerprint density at radius 3 is 2.39 bits per heavy atom. The number of methoxy groups -OCH3 is 3. The van der Waals surface area contributed by atoms with E-state index in [0.717, 1.165) is 12.1 Å². The molecule has 0 fully saturated rings. The molecular weight excluding hydrogens is 230 g/mol. The first-order valence-corrected chi connectivity index (χ1v) is 6.12. The molecular formula is C14H23NO3. The number of hydrogen-bond donors (Lipinski definition) is 1. The fourth-order valence-corrected chi connectivity index (χ4v) is 1.91. The molecule has 0 aliphatic rings. The van der Waals surface area contributed by atoms with Crippen molar-refractivity contribution in [2.24, 2.45) is 0 Å². The summed E-state index contributed by atoms with van der Waals surface area (Å²) in [6.07, 6.45) is 0.622. The molecule has 1 atom stereocenters. The summed E-state index contributed by atoms with van der Waals surface area (Å²) in [4.78, 5) is 0. The molecule has 0 bridgehead atoms. The molecule has 18 heavy (non-hydrogen) atoms. The molecule has 0 aliphatic carbocycles. The third-order valence-electron chi connectivity index (χ3n) is 2.85. The van der Waals surface area contributed by atoms with Crippen LogP contribution in [0.1, 0.15) is 12.5 Å². The first kappa shape index (κ1) is 15.0. The average molecular weight is 253 g/mol. The number of rotatable bonds is 8. The highest BCUT2D eigenvalue weighted by atomic mass is 16.7. The molecule has 1 aromatic rings. The van der Waals surface area contributed by atoms with E-state index < -0.39 is 0 Å². The maximum Gasteiger partial charge on any atom is 0.176 e. The normalized spacial score (nSPS) is 12.7. The molecule has 102 valence electrons. The van der Waals surface area contributed by atoms with Gasteiger partial charge in [-0.05, 0) is 25.0 Å². The Kier molecular flexibility index (Phi) is 6.72. The van der Waals surface area contributed by atoms with Gasteiger partial charge in [-0.3, -0.25) is 0 Å². The van der Waals surface area contributed by atoms with Gasteiger partial charge in [-0.1, -0.05) is 18.2 Å². The van der Waals surface area contributed by atoms with E-state index >= 15 is 0 Å². The van der Waals surface area contributed by atoms with E-state index in [4.69, 9.17) is 14.2 Å². The summed E-state index contributed by atoms with van der Waals surface area (Å²) in [6, 6.07) is 8.28. The highest BCUT2D eigenvalue weighted by Crippen LogP contribution is 2.18. The highest BCUT2D eigenvalue weighted by molar-refractivity contribution is 5.51. The number of para-hydroxylation sites is 1. The maximum atomic E-state index is 5.25. The van der Waals surface area contributed by atoms with Crippen molar-refractivity contribution < 1.29 is 14.2 Å². The van der Waals surface area contributed by atoms with Crippen LogP contribution in [0.25, 0.3) is 0 Å². The van der Waals surface area contributed by atoms with Gasteiger partial charge in [0.1, 0.15) is 0 Å². The fraction of sp³-hybridized carbons (Fsp3) is 0.571. The number of hydrogen-bond acceptors (Lipinski definition) is 4. The predicted molar refractivity (Wildman–Crippen MR) is 72.9 cm³/mol. The van der Waals surface area contributed by atoms with Crippen LogP contribution in [-0.4, -0.2) is 40.3 Å². The summed E-state index contributed by atoms with van der Waals surface area (Å²) < 4.78 is 15.6. The summed E-state index contributed by atoms with van der Waals surface area (Å²) in [5.74, 6) is 0. The lowest BCUT2D eigenvalue weighted by Gasteiger charge is -2.24. The van der Waals surface area contributed by atoms with Gasteiger partial charge in [0.15, 0.2) is 6.29 Å². The first-order valence-electron chi connectivity index (χ1n) is 6.12. The molecule has 1 unspecified atom stereocenters. The summed E-state index contributed by atoms with van der Waals surface area (Å²) >= 11 is 0. The molecule has 0 spiro atoms. The maximum absolute atomic E-state index is 5.25. The molecule has 0 aromatic heterocycles. The van der Waals surface area contributed by atoms with Crippen molar-refractivity contribution in [3.05, 3.63) is 29.8 Å². The molecule has 1 aromatic carbocycles. The van der Waals surface area contributed by atoms with Crippen LogP contribution >= 0.6 is 0 Å². The SMILES string of the molecule is COCCc1ccccc1NC(C)C(OC)OC. The summed E-state index contributed by atoms with van der Waals surface area (Å²) in [5, 5.41) is 3.42. The van der Waals surface area contributed by atoms with Crippen molar-refractivity contribution in [1.82, 2.24) is 0 Å². The van der Waals surface area contributed by atoms with Gasteiger partial charge in [0, 0.05) is 27.0 Å². The first-order chi connectivity index (χ1) is 8.72. The lowest BCUT2D eigenvalue weighted by atomic mass is 10.1. The lowest BCUT2D eigenvalue weighted by molar-refractivity contribution is -0.109. The van der Waals surface area contributed by atoms with E-state index in [0.29, 0.717) is 6.61 Å². The molecule has 1 N–H and O–H groups in total. The third-order valence-corrected chi connectivity index (χ3v) is 2.85. The zero-order chi connectivity index (χ0) is 13.4. The second kappa shape index (κ2) is 8.08. The van der Waals surface area contributed by atoms with Crippen LogP contribution < -0.4 is 5.32 Å². The summed E-state index contributed by atoms with van der Waals surface area (Å²) in [6.45, 7) is 2.75. The second-order valence-corrected chi connectivity index (χ2v) is 4.17. The Labute approximate surface area is 109 Å². The van der Waals surface area contributed by atoms with Gasteiger partial charge in [0.25, 0.3) is 0 Å². The van der Waals surface area contributed by atoms with Gasteiger partial charge in [-0.15, -0.1) is 0 Å². The average Bonchev–Trinajstić information content (AvgIpc) is 2.39. The molecule has 0 aliphatic heterocycles. The van der Waals surface area contributed by atoms with Crippen LogP contribution in [0.5, 0.6) is 0 Å². The van der Waals surface area contributed by atoms with E-state index in [1.54, 1.807) is 21.3 Å². The number of ether oxygens (including phenoxy) is 3. The highest BCUT2D eigenvalue weighted by Gasteiger charge is 2.16. The van der Waals surface area contributed by atoms with Crippen molar-refractivity contribution in [2.75, 3.05) is 33.3 Å². The Hall–Kier alpha value is -1.10. The minimum atomic E-state index is -0.263. The summed E-state index contributed by atoms with van der Waals surface area (Å²) in [7, 11) is 5.00. The van der Waals surface area contributed by atoms with Crippen LogP contribution in [0.4, 0.5) is 5.69 Å². The molecule has 0 saturated carbocycles. The molecule has 0 saturated heterocycles. The minimum absolute atomic E-state index is 0.0729. The molecule has 4 nitrogen and oxygen atoms in total. The molecule has 1 rings (SSSR count). The van der Waals surface area contributed by atoms with Crippen molar-refractivity contribution in [2.45, 2.75) is 25.7 Å². The summed E-state index contributed by atoms with van der Waals surface area (Å²) in [5.41, 5.74) is 2.33. The minimum Gasteiger partial charge on any atom is -0.384 e. The van der Waals surface area contributed by atoms with Crippen LogP contribution in [0.2, 0.25) is 0 Å². The van der Waals surface area contributed by atoms with E-state index in [-0.39, 0.29) is 12.3 Å². The van der Waals surface area contributed by atoms with E-state index in [1.807, 2.05) is 19.1 Å². The van der Waals surface area contributed by atoms with Crippen molar-refractivity contribution >= 4 is 5.69 Å². The van der Waals surface area contributed by atoms with Gasteiger partial charge >= 0.3 is 0 Å². The van der Waals surface area contributed by atoms with Gasteiger partial charge in [0.05, 0.1) is 12.6 Å². The van der Waals surface area contributed by atoms with E-state index in [9.17, 15) is 0 Å². The Balaban J connectivity index is 2.70. The smallest absolute Gasteiger partial charge is 0.176 e. The topological polar surface area (TPSA) is 39.7 Å². The van der Waals surface area contributed by atoms with Crippen LogP contribution in [0.3, 0.4) is 0 Å². The van der Waals surface area contributed by atoms with Gasteiger partial charge < -0.3 is 19.5 Å². The second-order valence-electron chi connectivity index (χ2n) is 4.17. The fourth-order valence-electron chi connectivity index (χ4n) is 1.91. The molecule has 0 heterocycles. The lowest BCUT2D eigenvalue weighted by Crippen LogP contribution is -2.34. The van der Waals surface area contributed by atoms with Crippen LogP contribution in [0, 0.1) is 0 Å². The van der Waals surface area contributed by atoms with Crippen molar-refractivity contribution in [3.8, 4) is 0 Å². The largest absolute Gasteiger partial charge is 0.384 e. The monoisotopic (exact) mass is 253 g/mol. The molecule has 0 amide bonds. The van der Waals surface area contributed by atoms with E-state index in [2.05, 4.69) is 17.4 Å². The van der Waals surface area contributed by atoms with Gasteiger partial charge in [0.2, 0.25) is 0 Å². The van der Waals surface area contributed by atoms with Crippen molar-refractivity contribution in [3.63, 3.8) is 0 Å². The Bertz CT molecular complexity index is 340. The number of benzene rings is 1. The quantitative estimate of drug-likeness (QED) is 0.722. The molecule has 4 heteroatoms. The Morgan fingerprint density at radius 1 is 1.11 bits per heavy atom. The van der Waals surface area contributed by atoms with Gasteiger partial charge in [-0.2, -0.15) is 0 Å². The van der Waals surface area contributed by atoms with Gasteiger partial charge in [-0.25, -0.2) is 0 Å². The Morgan fingerprint density at radius 2 is 1.78 bits per heavy atom. The third kappa shape index (κ3) is 4.29. The zero-order valence-corrected chi connectivity index (χ0v) is 11.6. The van der Waals surface area contributed by atoms with Crippen LogP contribution in [-0.2, 0) is 20.6 Å². The van der Waals surface area contributed by atoms with Crippen LogP contribution in [0.15, 0.2) is 24.3 Å². The number of anilines is 1.